The van der Waals surface area contributed by atoms with E-state index >= 15 is 0 Å². The number of aromatic nitrogens is 1. The Morgan fingerprint density at radius 2 is 1.96 bits per heavy atom. The number of nitrogens with zero attached hydrogens (tertiary/aromatic N) is 2. The van der Waals surface area contributed by atoms with Gasteiger partial charge in [-0.05, 0) is 25.0 Å². The fraction of sp³-hybridized carbons (Fsp3) is 0.250. The summed E-state index contributed by atoms with van der Waals surface area (Å²) in [6, 6.07) is 6.67. The van der Waals surface area contributed by atoms with E-state index in [4.69, 9.17) is 4.74 Å². The maximum Gasteiger partial charge on any atom is 0.311 e. The Hall–Kier alpha value is -2.96. The first kappa shape index (κ1) is 16.4. The van der Waals surface area contributed by atoms with Crippen LogP contribution in [0.15, 0.2) is 36.7 Å². The van der Waals surface area contributed by atoms with Gasteiger partial charge in [0.25, 0.3) is 5.91 Å². The van der Waals surface area contributed by atoms with E-state index in [1.807, 2.05) is 31.5 Å². The van der Waals surface area contributed by atoms with Crippen molar-refractivity contribution in [1.82, 2.24) is 0 Å². The average Bonchev–Trinajstić information content (AvgIpc) is 2.51. The van der Waals surface area contributed by atoms with Gasteiger partial charge in [-0.1, -0.05) is 0 Å². The van der Waals surface area contributed by atoms with Gasteiger partial charge in [-0.3, -0.25) is 14.9 Å². The van der Waals surface area contributed by atoms with Crippen LogP contribution in [0, 0.1) is 24.0 Å². The zero-order chi connectivity index (χ0) is 17.0. The molecule has 7 heteroatoms. The third-order valence-corrected chi connectivity index (χ3v) is 3.38. The van der Waals surface area contributed by atoms with Crippen molar-refractivity contribution in [2.45, 2.75) is 20.4 Å². The smallest absolute Gasteiger partial charge is 0.311 e. The number of carbonyl (C=O) groups excluding carboxylic acids is 1. The Kier molecular flexibility index (Phi) is 4.90. The minimum atomic E-state index is -0.514. The molecule has 0 bridgehead atoms. The SMILES string of the molecule is COc1cc(NC(=O)C[n+]2ccc(C)cc2)c(C)cc1[N+](=O)[O-]. The molecule has 0 radical (unpaired) electrons. The Morgan fingerprint density at radius 3 is 2.52 bits per heavy atom. The third kappa shape index (κ3) is 4.03. The van der Waals surface area contributed by atoms with Crippen LogP contribution in [0.2, 0.25) is 0 Å². The van der Waals surface area contributed by atoms with Crippen LogP contribution in [0.3, 0.4) is 0 Å². The summed E-state index contributed by atoms with van der Waals surface area (Å²) >= 11 is 0. The number of carbonyl (C=O) groups is 1. The lowest BCUT2D eigenvalue weighted by molar-refractivity contribution is -0.684. The molecule has 1 N–H and O–H groups in total. The highest BCUT2D eigenvalue weighted by Gasteiger charge is 2.19. The third-order valence-electron chi connectivity index (χ3n) is 3.38. The molecule has 2 rings (SSSR count). The van der Waals surface area contributed by atoms with Gasteiger partial charge < -0.3 is 10.1 Å². The molecular weight excluding hydrogens is 298 g/mol. The zero-order valence-electron chi connectivity index (χ0n) is 13.2. The highest BCUT2D eigenvalue weighted by molar-refractivity contribution is 5.91. The van der Waals surface area contributed by atoms with Crippen molar-refractivity contribution >= 4 is 17.3 Å². The second-order valence-electron chi connectivity index (χ2n) is 5.19. The molecule has 1 amide bonds. The number of anilines is 1. The number of amides is 1. The van der Waals surface area contributed by atoms with Crippen molar-refractivity contribution in [3.05, 3.63) is 57.9 Å². The van der Waals surface area contributed by atoms with Gasteiger partial charge >= 0.3 is 5.69 Å². The van der Waals surface area contributed by atoms with Crippen LogP contribution >= 0.6 is 0 Å². The van der Waals surface area contributed by atoms with E-state index in [0.717, 1.165) is 5.56 Å². The van der Waals surface area contributed by atoms with Crippen molar-refractivity contribution < 1.29 is 19.0 Å². The number of nitro groups is 1. The fourth-order valence-corrected chi connectivity index (χ4v) is 2.11. The Morgan fingerprint density at radius 1 is 1.30 bits per heavy atom. The van der Waals surface area contributed by atoms with Crippen LogP contribution in [0.25, 0.3) is 0 Å². The minimum Gasteiger partial charge on any atom is -0.490 e. The molecule has 1 aromatic carbocycles. The summed E-state index contributed by atoms with van der Waals surface area (Å²) in [6.45, 7) is 3.82. The first-order chi connectivity index (χ1) is 10.9. The number of hydrogen-bond acceptors (Lipinski definition) is 4. The van der Waals surface area contributed by atoms with E-state index in [0.29, 0.717) is 11.3 Å². The molecule has 120 valence electrons. The summed E-state index contributed by atoms with van der Waals surface area (Å²) in [7, 11) is 1.35. The van der Waals surface area contributed by atoms with E-state index in [2.05, 4.69) is 5.32 Å². The number of hydrogen-bond donors (Lipinski definition) is 1. The summed E-state index contributed by atoms with van der Waals surface area (Å²) in [5.41, 5.74) is 2.07. The first-order valence-corrected chi connectivity index (χ1v) is 6.99. The summed E-state index contributed by atoms with van der Waals surface area (Å²) in [5.74, 6) is -0.114. The second kappa shape index (κ2) is 6.87. The van der Waals surface area contributed by atoms with E-state index in [1.54, 1.807) is 11.5 Å². The van der Waals surface area contributed by atoms with Crippen LogP contribution in [-0.4, -0.2) is 17.9 Å². The monoisotopic (exact) mass is 316 g/mol. The summed E-state index contributed by atoms with van der Waals surface area (Å²) in [6.07, 6.45) is 3.64. The number of ether oxygens (including phenoxy) is 1. The molecule has 0 aliphatic rings. The standard InChI is InChI=1S/C16H17N3O4/c1-11-4-6-18(7-5-11)10-16(20)17-13-9-15(23-3)14(19(21)22)8-12(13)2/h4-9H,10H2,1-3H3/p+1. The zero-order valence-corrected chi connectivity index (χ0v) is 13.2. The van der Waals surface area contributed by atoms with Crippen LogP contribution in [0.4, 0.5) is 11.4 Å². The largest absolute Gasteiger partial charge is 0.490 e. The van der Waals surface area contributed by atoms with Gasteiger partial charge in [-0.2, -0.15) is 4.57 Å². The van der Waals surface area contributed by atoms with Crippen molar-refractivity contribution in [3.8, 4) is 5.75 Å². The maximum absolute atomic E-state index is 12.1. The van der Waals surface area contributed by atoms with Gasteiger partial charge in [-0.15, -0.1) is 0 Å². The molecule has 0 aliphatic heterocycles. The van der Waals surface area contributed by atoms with E-state index in [9.17, 15) is 14.9 Å². The van der Waals surface area contributed by atoms with Gasteiger partial charge in [-0.25, -0.2) is 0 Å². The molecule has 2 aromatic rings. The number of nitrogens with one attached hydrogen (secondary N) is 1. The van der Waals surface area contributed by atoms with Crippen molar-refractivity contribution in [2.24, 2.45) is 0 Å². The molecule has 23 heavy (non-hydrogen) atoms. The predicted octanol–water partition coefficient (Wildman–Crippen LogP) is 2.15. The first-order valence-electron chi connectivity index (χ1n) is 6.99. The normalized spacial score (nSPS) is 10.2. The van der Waals surface area contributed by atoms with Crippen LogP contribution in [0.1, 0.15) is 11.1 Å². The maximum atomic E-state index is 12.1. The van der Waals surface area contributed by atoms with Crippen LogP contribution in [0.5, 0.6) is 5.75 Å². The molecule has 0 unspecified atom stereocenters. The number of methoxy groups -OCH3 is 1. The predicted molar refractivity (Wildman–Crippen MR) is 84.4 cm³/mol. The number of benzene rings is 1. The Bertz CT molecular complexity index is 742. The number of pyridine rings is 1. The van der Waals surface area contributed by atoms with E-state index in [1.165, 1.54) is 19.2 Å². The Labute approximate surface area is 133 Å². The van der Waals surface area contributed by atoms with Crippen LogP contribution < -0.4 is 14.6 Å². The van der Waals surface area contributed by atoms with E-state index < -0.39 is 4.92 Å². The molecule has 0 aliphatic carbocycles. The summed E-state index contributed by atoms with van der Waals surface area (Å²) in [4.78, 5) is 22.6. The molecular formula is C16H18N3O4+. The number of rotatable bonds is 5. The fourth-order valence-electron chi connectivity index (χ4n) is 2.11. The summed E-state index contributed by atoms with van der Waals surface area (Å²) in [5, 5.41) is 13.7. The molecule has 0 saturated carbocycles. The molecule has 7 nitrogen and oxygen atoms in total. The van der Waals surface area contributed by atoms with Gasteiger partial charge in [0.1, 0.15) is 0 Å². The lowest BCUT2D eigenvalue weighted by atomic mass is 10.1. The topological polar surface area (TPSA) is 85.3 Å². The number of nitro benzene ring substituents is 1. The summed E-state index contributed by atoms with van der Waals surface area (Å²) < 4.78 is 6.77. The molecule has 0 fully saturated rings. The van der Waals surface area contributed by atoms with Crippen molar-refractivity contribution in [1.29, 1.82) is 0 Å². The van der Waals surface area contributed by atoms with Crippen molar-refractivity contribution in [3.63, 3.8) is 0 Å². The van der Waals surface area contributed by atoms with Gasteiger partial charge in [0.2, 0.25) is 6.54 Å². The van der Waals surface area contributed by atoms with Crippen molar-refractivity contribution in [2.75, 3.05) is 12.4 Å². The molecule has 0 saturated heterocycles. The Balaban J connectivity index is 2.17. The average molecular weight is 316 g/mol. The van der Waals surface area contributed by atoms with Gasteiger partial charge in [0.15, 0.2) is 18.1 Å². The number of aryl methyl sites for hydroxylation is 2. The second-order valence-corrected chi connectivity index (χ2v) is 5.19. The van der Waals surface area contributed by atoms with Gasteiger partial charge in [0.05, 0.1) is 12.0 Å². The van der Waals surface area contributed by atoms with Gasteiger partial charge in [0, 0.05) is 30.0 Å². The highest BCUT2D eigenvalue weighted by Crippen LogP contribution is 2.32. The van der Waals surface area contributed by atoms with Crippen LogP contribution in [-0.2, 0) is 11.3 Å². The molecule has 1 heterocycles. The molecule has 0 spiro atoms. The molecule has 0 atom stereocenters. The minimum absolute atomic E-state index is 0.110. The lowest BCUT2D eigenvalue weighted by Crippen LogP contribution is -2.39. The lowest BCUT2D eigenvalue weighted by Gasteiger charge is -2.10. The molecule has 1 aromatic heterocycles. The van der Waals surface area contributed by atoms with E-state index in [-0.39, 0.29) is 23.9 Å². The quantitative estimate of drug-likeness (QED) is 0.520. The highest BCUT2D eigenvalue weighted by atomic mass is 16.6.